The Labute approximate surface area is 114 Å². The van der Waals surface area contributed by atoms with E-state index in [-0.39, 0.29) is 13.2 Å². The zero-order valence-electron chi connectivity index (χ0n) is 11.1. The van der Waals surface area contributed by atoms with Crippen LogP contribution in [0.2, 0.25) is 0 Å². The second-order valence-corrected chi connectivity index (χ2v) is 4.56. The molecule has 5 nitrogen and oxygen atoms in total. The van der Waals surface area contributed by atoms with Crippen molar-refractivity contribution in [1.82, 2.24) is 0 Å². The van der Waals surface area contributed by atoms with E-state index < -0.39 is 50.3 Å². The average Bonchev–Trinajstić information content (AvgIpc) is 2.37. The molecule has 9 heteroatoms. The topological polar surface area (TPSA) is 79.2 Å². The van der Waals surface area contributed by atoms with Crippen LogP contribution in [0, 0.1) is 5.92 Å². The van der Waals surface area contributed by atoms with Crippen LogP contribution in [0.15, 0.2) is 0 Å². The highest BCUT2D eigenvalue weighted by Crippen LogP contribution is 2.34. The smallest absolute Gasteiger partial charge is 0.335 e. The van der Waals surface area contributed by atoms with Crippen molar-refractivity contribution in [1.29, 1.82) is 0 Å². The van der Waals surface area contributed by atoms with Gasteiger partial charge in [0.05, 0.1) is 19.8 Å². The second kappa shape index (κ2) is 8.73. The zero-order valence-corrected chi connectivity index (χ0v) is 11.1. The number of ether oxygens (including phenoxy) is 2. The van der Waals surface area contributed by atoms with Gasteiger partial charge in [0.15, 0.2) is 0 Å². The Balaban J connectivity index is 4.19. The summed E-state index contributed by atoms with van der Waals surface area (Å²) < 4.78 is 61.6. The summed E-state index contributed by atoms with van der Waals surface area (Å²) in [5, 5.41) is 25.9. The number of hydrogen-bond acceptors (Lipinski definition) is 5. The molecule has 0 radical (unpaired) electrons. The van der Waals surface area contributed by atoms with E-state index in [4.69, 9.17) is 15.3 Å². The number of aliphatic hydroxyl groups excluding tert-OH is 3. The normalized spacial score (nSPS) is 16.2. The lowest BCUT2D eigenvalue weighted by Gasteiger charge is -2.26. The van der Waals surface area contributed by atoms with Crippen LogP contribution in [0.3, 0.4) is 0 Å². The van der Waals surface area contributed by atoms with Crippen LogP contribution in [-0.4, -0.2) is 72.9 Å². The van der Waals surface area contributed by atoms with Crippen LogP contribution < -0.4 is 0 Å². The Morgan fingerprint density at radius 1 is 0.900 bits per heavy atom. The minimum atomic E-state index is -4.47. The van der Waals surface area contributed by atoms with Crippen LogP contribution in [0.5, 0.6) is 0 Å². The quantitative estimate of drug-likeness (QED) is 0.478. The largest absolute Gasteiger partial charge is 0.396 e. The van der Waals surface area contributed by atoms with Gasteiger partial charge < -0.3 is 24.8 Å². The molecule has 0 aromatic rings. The lowest BCUT2D eigenvalue weighted by atomic mass is 10.2. The van der Waals surface area contributed by atoms with E-state index >= 15 is 0 Å². The maximum Gasteiger partial charge on any atom is 0.335 e. The highest BCUT2D eigenvalue weighted by atomic mass is 19.3. The predicted octanol–water partition coefficient (Wildman–Crippen LogP) is 0.272. The van der Waals surface area contributed by atoms with Crippen LogP contribution in [0.4, 0.5) is 17.6 Å². The molecular formula is C11H20F4O5. The second-order valence-electron chi connectivity index (χ2n) is 4.56. The summed E-state index contributed by atoms with van der Waals surface area (Å²) in [4.78, 5) is 0. The fourth-order valence-electron chi connectivity index (χ4n) is 1.03. The third-order valence-electron chi connectivity index (χ3n) is 2.34. The van der Waals surface area contributed by atoms with Gasteiger partial charge >= 0.3 is 11.8 Å². The van der Waals surface area contributed by atoms with Gasteiger partial charge in [-0.2, -0.15) is 17.6 Å². The zero-order chi connectivity index (χ0) is 15.8. The van der Waals surface area contributed by atoms with Crippen molar-refractivity contribution in [3.05, 3.63) is 0 Å². The van der Waals surface area contributed by atoms with Gasteiger partial charge in [-0.3, -0.25) is 0 Å². The van der Waals surface area contributed by atoms with E-state index in [0.29, 0.717) is 0 Å². The van der Waals surface area contributed by atoms with Gasteiger partial charge in [0.25, 0.3) is 0 Å². The molecule has 0 aliphatic rings. The first-order chi connectivity index (χ1) is 9.16. The van der Waals surface area contributed by atoms with E-state index in [9.17, 15) is 17.6 Å². The molecule has 0 bridgehead atoms. The molecule has 0 aliphatic carbocycles. The standard InChI is InChI=1S/C11H20F4O5/c1-8(2-16)4-19-6-10(12,13)11(14,15)7-20-5-9(18)3-17/h8-9,16-18H,2-7H2,1H3. The molecule has 0 heterocycles. The average molecular weight is 308 g/mol. The van der Waals surface area contributed by atoms with Gasteiger partial charge in [0.2, 0.25) is 0 Å². The van der Waals surface area contributed by atoms with Crippen molar-refractivity contribution in [3.63, 3.8) is 0 Å². The van der Waals surface area contributed by atoms with Crippen molar-refractivity contribution in [2.75, 3.05) is 39.6 Å². The van der Waals surface area contributed by atoms with Crippen molar-refractivity contribution < 1.29 is 42.4 Å². The molecule has 0 aliphatic heterocycles. The lowest BCUT2D eigenvalue weighted by Crippen LogP contribution is -2.48. The molecule has 122 valence electrons. The molecule has 3 N–H and O–H groups in total. The number of hydrogen-bond donors (Lipinski definition) is 3. The summed E-state index contributed by atoms with van der Waals surface area (Å²) in [5.41, 5.74) is 0. The van der Waals surface area contributed by atoms with E-state index in [0.717, 1.165) is 0 Å². The molecule has 0 aromatic carbocycles. The van der Waals surface area contributed by atoms with Gasteiger partial charge in [-0.25, -0.2) is 0 Å². The fraction of sp³-hybridized carbons (Fsp3) is 1.00. The lowest BCUT2D eigenvalue weighted by molar-refractivity contribution is -0.254. The molecule has 0 spiro atoms. The van der Waals surface area contributed by atoms with Gasteiger partial charge in [0, 0.05) is 12.5 Å². The minimum Gasteiger partial charge on any atom is -0.396 e. The van der Waals surface area contributed by atoms with E-state index in [1.54, 1.807) is 0 Å². The Kier molecular flexibility index (Phi) is 8.52. The number of rotatable bonds is 11. The predicted molar refractivity (Wildman–Crippen MR) is 60.9 cm³/mol. The maximum atomic E-state index is 13.2. The van der Waals surface area contributed by atoms with Crippen LogP contribution >= 0.6 is 0 Å². The first kappa shape index (κ1) is 19.5. The monoisotopic (exact) mass is 308 g/mol. The van der Waals surface area contributed by atoms with Gasteiger partial charge in [0.1, 0.15) is 19.3 Å². The molecule has 0 amide bonds. The number of alkyl halides is 4. The molecule has 0 rings (SSSR count). The van der Waals surface area contributed by atoms with Crippen LogP contribution in [0.25, 0.3) is 0 Å². The first-order valence-electron chi connectivity index (χ1n) is 5.97. The minimum absolute atomic E-state index is 0.272. The number of aliphatic hydroxyl groups is 3. The molecule has 0 fully saturated rings. The molecule has 2 atom stereocenters. The third kappa shape index (κ3) is 6.80. The summed E-state index contributed by atoms with van der Waals surface area (Å²) in [6.45, 7) is -3.56. The summed E-state index contributed by atoms with van der Waals surface area (Å²) in [6, 6.07) is 0. The van der Waals surface area contributed by atoms with Crippen molar-refractivity contribution in [2.24, 2.45) is 5.92 Å². The SMILES string of the molecule is CC(CO)COCC(F)(F)C(F)(F)COCC(O)CO. The summed E-state index contributed by atoms with van der Waals surface area (Å²) in [6.07, 6.45) is -1.40. The Hall–Kier alpha value is -0.480. The summed E-state index contributed by atoms with van der Waals surface area (Å²) in [7, 11) is 0. The Bertz CT molecular complexity index is 239. The van der Waals surface area contributed by atoms with E-state index in [2.05, 4.69) is 9.47 Å². The van der Waals surface area contributed by atoms with E-state index in [1.807, 2.05) is 0 Å². The molecule has 0 saturated heterocycles. The van der Waals surface area contributed by atoms with Gasteiger partial charge in [-0.1, -0.05) is 6.92 Å². The molecule has 0 aromatic heterocycles. The van der Waals surface area contributed by atoms with Crippen molar-refractivity contribution in [2.45, 2.75) is 24.9 Å². The molecular weight excluding hydrogens is 288 g/mol. The first-order valence-corrected chi connectivity index (χ1v) is 5.97. The van der Waals surface area contributed by atoms with E-state index in [1.165, 1.54) is 6.92 Å². The van der Waals surface area contributed by atoms with Gasteiger partial charge in [-0.15, -0.1) is 0 Å². The van der Waals surface area contributed by atoms with Crippen LogP contribution in [-0.2, 0) is 9.47 Å². The van der Waals surface area contributed by atoms with Gasteiger partial charge in [-0.05, 0) is 0 Å². The Morgan fingerprint density at radius 2 is 1.35 bits per heavy atom. The molecule has 20 heavy (non-hydrogen) atoms. The van der Waals surface area contributed by atoms with Crippen LogP contribution in [0.1, 0.15) is 6.92 Å². The Morgan fingerprint density at radius 3 is 1.75 bits per heavy atom. The maximum absolute atomic E-state index is 13.2. The summed E-state index contributed by atoms with van der Waals surface area (Å²) in [5.74, 6) is -9.34. The highest BCUT2D eigenvalue weighted by molar-refractivity contribution is 4.84. The number of halogens is 4. The molecule has 0 saturated carbocycles. The summed E-state index contributed by atoms with van der Waals surface area (Å²) >= 11 is 0. The van der Waals surface area contributed by atoms with Crippen molar-refractivity contribution in [3.8, 4) is 0 Å². The molecule has 2 unspecified atom stereocenters. The fourth-order valence-corrected chi connectivity index (χ4v) is 1.03. The third-order valence-corrected chi connectivity index (χ3v) is 2.34. The van der Waals surface area contributed by atoms with Crippen molar-refractivity contribution >= 4 is 0 Å². The highest BCUT2D eigenvalue weighted by Gasteiger charge is 2.56.